The van der Waals surface area contributed by atoms with Gasteiger partial charge in [-0.3, -0.25) is 14.4 Å². The minimum Gasteiger partial charge on any atom is -0.461 e. The summed E-state index contributed by atoms with van der Waals surface area (Å²) in [6.07, 6.45) is 5.83. The van der Waals surface area contributed by atoms with Crippen LogP contribution in [0.1, 0.15) is 66.2 Å². The zero-order chi connectivity index (χ0) is 38.4. The number of amides is 1. The lowest BCUT2D eigenvalue weighted by atomic mass is 9.44. The molecule has 4 heterocycles. The Morgan fingerprint density at radius 3 is 2.71 bits per heavy atom. The van der Waals surface area contributed by atoms with Crippen molar-refractivity contribution < 1.29 is 29.0 Å². The van der Waals surface area contributed by atoms with Crippen LogP contribution in [0.3, 0.4) is 0 Å². The summed E-state index contributed by atoms with van der Waals surface area (Å²) in [6.45, 7) is 17.7. The maximum atomic E-state index is 13.7. The fourth-order valence-electron chi connectivity index (χ4n) is 10.6. The number of thioether (sulfide) groups is 1. The van der Waals surface area contributed by atoms with Crippen LogP contribution in [0.2, 0.25) is 0 Å². The largest absolute Gasteiger partial charge is 0.461 e. The molecule has 2 saturated heterocycles. The van der Waals surface area contributed by atoms with Crippen LogP contribution in [0.5, 0.6) is 0 Å². The van der Waals surface area contributed by atoms with Crippen molar-refractivity contribution in [3.63, 3.8) is 0 Å². The van der Waals surface area contributed by atoms with E-state index in [1.807, 2.05) is 22.5 Å². The first-order valence-electron chi connectivity index (χ1n) is 19.8. The van der Waals surface area contributed by atoms with Crippen LogP contribution in [-0.2, 0) is 30.4 Å². The Morgan fingerprint density at radius 1 is 1.20 bits per heavy atom. The third kappa shape index (κ3) is 7.60. The highest BCUT2D eigenvalue weighted by molar-refractivity contribution is 7.99. The van der Waals surface area contributed by atoms with Crippen LogP contribution in [0.4, 0.5) is 11.8 Å². The number of nitrogens with zero attached hydrogens (tertiary/aromatic N) is 6. The first-order valence-corrected chi connectivity index (χ1v) is 20.9. The number of nitrogens with two attached hydrogens (primary N) is 1. The average Bonchev–Trinajstić information content (AvgIpc) is 3.75. The van der Waals surface area contributed by atoms with E-state index in [4.69, 9.17) is 15.2 Å². The van der Waals surface area contributed by atoms with E-state index in [1.54, 1.807) is 6.33 Å². The van der Waals surface area contributed by atoms with Crippen molar-refractivity contribution in [1.82, 2.24) is 29.7 Å². The Labute approximate surface area is 334 Å². The number of rotatable bonds is 10. The molecule has 2 aromatic rings. The number of aliphatic hydroxyl groups is 1. The van der Waals surface area contributed by atoms with Gasteiger partial charge in [0.1, 0.15) is 11.9 Å². The molecule has 0 aromatic carbocycles. The van der Waals surface area contributed by atoms with Gasteiger partial charge in [0.15, 0.2) is 17.0 Å². The second-order valence-corrected chi connectivity index (χ2v) is 17.9. The number of Topliss-reactive ketones (excluding diaryl/α,β-unsaturated/α-hetero) is 1. The van der Waals surface area contributed by atoms with Crippen molar-refractivity contribution in [2.45, 2.75) is 91.1 Å². The fraction of sp³-hybridized carbons (Fsp3) is 0.744. The normalized spacial score (nSPS) is 35.0. The second kappa shape index (κ2) is 16.5. The molecule has 2 aliphatic heterocycles. The maximum absolute atomic E-state index is 13.7. The number of nitrogens with one attached hydrogen (secondary N) is 1. The SMILES string of the molecule is C=C[C@]1(C)C[C@@H](OC(=O)CSCC2CN(C(=O)CCn3cnc4c(N5CCNCC5)nc(N)nc43)CCO2)[C@]2(C)[C@H](C)CC[C@]3(CCC(=O)[C@@H]32)[C@@H](C)[C@@H]1O.Cl. The fourth-order valence-corrected chi connectivity index (χ4v) is 11.4. The number of halogens is 1. The zero-order valence-corrected chi connectivity index (χ0v) is 34.3. The van der Waals surface area contributed by atoms with Gasteiger partial charge in [0.25, 0.3) is 0 Å². The van der Waals surface area contributed by atoms with E-state index in [0.717, 1.165) is 51.3 Å². The summed E-state index contributed by atoms with van der Waals surface area (Å²) >= 11 is 1.43. The predicted molar refractivity (Wildman–Crippen MR) is 215 cm³/mol. The Bertz CT molecular complexity index is 1760. The lowest BCUT2D eigenvalue weighted by molar-refractivity contribution is -0.205. The number of ketones is 1. The van der Waals surface area contributed by atoms with Gasteiger partial charge in [0.2, 0.25) is 11.9 Å². The van der Waals surface area contributed by atoms with E-state index in [0.29, 0.717) is 56.0 Å². The molecule has 304 valence electrons. The average molecular weight is 803 g/mol. The van der Waals surface area contributed by atoms with Gasteiger partial charge in [-0.2, -0.15) is 9.97 Å². The molecule has 2 aromatic heterocycles. The van der Waals surface area contributed by atoms with Crippen LogP contribution in [-0.4, -0.2) is 123 Å². The number of imidazole rings is 1. The lowest BCUT2D eigenvalue weighted by Crippen LogP contribution is -2.63. The molecule has 3 aliphatic carbocycles. The number of aryl methyl sites for hydroxylation is 1. The highest BCUT2D eigenvalue weighted by Crippen LogP contribution is 2.68. The van der Waals surface area contributed by atoms with E-state index >= 15 is 0 Å². The van der Waals surface area contributed by atoms with Gasteiger partial charge in [-0.1, -0.05) is 33.8 Å². The van der Waals surface area contributed by atoms with Gasteiger partial charge >= 0.3 is 5.97 Å². The molecule has 5 fully saturated rings. The molecule has 14 nitrogen and oxygen atoms in total. The Morgan fingerprint density at radius 2 is 1.96 bits per heavy atom. The van der Waals surface area contributed by atoms with Crippen LogP contribution in [0.15, 0.2) is 19.0 Å². The first kappa shape index (κ1) is 41.6. The van der Waals surface area contributed by atoms with E-state index < -0.39 is 23.0 Å². The van der Waals surface area contributed by atoms with Crippen molar-refractivity contribution in [2.24, 2.45) is 34.0 Å². The van der Waals surface area contributed by atoms with Crippen molar-refractivity contribution in [3.05, 3.63) is 19.0 Å². The summed E-state index contributed by atoms with van der Waals surface area (Å²) < 4.78 is 14.3. The van der Waals surface area contributed by atoms with Crippen molar-refractivity contribution >= 4 is 64.8 Å². The minimum absolute atomic E-state index is 0. The summed E-state index contributed by atoms with van der Waals surface area (Å²) in [5.74, 6) is 1.30. The van der Waals surface area contributed by atoms with Gasteiger partial charge in [-0.05, 0) is 42.9 Å². The molecule has 1 amide bonds. The van der Waals surface area contributed by atoms with Crippen molar-refractivity contribution in [3.8, 4) is 0 Å². The minimum atomic E-state index is -0.701. The van der Waals surface area contributed by atoms with Gasteiger partial charge in [0, 0.05) is 81.2 Å². The first-order chi connectivity index (χ1) is 25.8. The number of aliphatic hydroxyl groups excluding tert-OH is 1. The summed E-state index contributed by atoms with van der Waals surface area (Å²) in [6, 6.07) is 0. The topological polar surface area (TPSA) is 178 Å². The number of aromatic nitrogens is 4. The number of esters is 1. The monoisotopic (exact) mass is 802 g/mol. The molecule has 16 heteroatoms. The molecular formula is C39H59ClN8O6S. The number of carbonyl (C=O) groups excluding carboxylic acids is 3. The second-order valence-electron chi connectivity index (χ2n) is 16.9. The van der Waals surface area contributed by atoms with Crippen molar-refractivity contribution in [2.75, 3.05) is 68.0 Å². The van der Waals surface area contributed by atoms with E-state index in [1.165, 1.54) is 11.8 Å². The number of piperazine rings is 1. The highest BCUT2D eigenvalue weighted by atomic mass is 35.5. The van der Waals surface area contributed by atoms with Crippen LogP contribution < -0.4 is 16.0 Å². The Hall–Kier alpha value is -2.98. The standard InChI is InChI=1S/C39H58N8O6S.ClH/c1-6-37(4)19-28(38(5)24(2)7-10-39(25(3)33(37)51)11-8-27(48)32(38)39)53-30(50)22-54-21-26-20-46(17-18-52-26)29(49)9-14-47-23-42-31-34(43-36(40)44-35(31)47)45-15-12-41-13-16-45;/h6,23-26,28,32-33,41,51H,1,7-22H2,2-5H3,(H2,40,43,44);1H/t24-,25+,26?,28-,32-,33+,37-,38+,39+;/m1./s1. The maximum Gasteiger partial charge on any atom is 0.316 e. The van der Waals surface area contributed by atoms with Gasteiger partial charge < -0.3 is 40.0 Å². The quantitative estimate of drug-likeness (QED) is 0.235. The van der Waals surface area contributed by atoms with E-state index in [9.17, 15) is 19.5 Å². The Kier molecular flexibility index (Phi) is 12.5. The van der Waals surface area contributed by atoms with Crippen molar-refractivity contribution in [1.29, 1.82) is 0 Å². The summed E-state index contributed by atoms with van der Waals surface area (Å²) in [5.41, 5.74) is 5.86. The number of nitrogen functional groups attached to an aromatic ring is 1. The highest BCUT2D eigenvalue weighted by Gasteiger charge is 2.68. The van der Waals surface area contributed by atoms with Gasteiger partial charge in [-0.15, -0.1) is 30.7 Å². The lowest BCUT2D eigenvalue weighted by Gasteiger charge is -2.61. The van der Waals surface area contributed by atoms with E-state index in [-0.39, 0.29) is 77.5 Å². The number of anilines is 2. The summed E-state index contributed by atoms with van der Waals surface area (Å²) in [5, 5.41) is 15.1. The molecule has 4 N–H and O–H groups in total. The molecule has 0 radical (unpaired) electrons. The number of hydrogen-bond acceptors (Lipinski definition) is 13. The molecular weight excluding hydrogens is 744 g/mol. The zero-order valence-electron chi connectivity index (χ0n) is 32.7. The van der Waals surface area contributed by atoms with Crippen LogP contribution in [0.25, 0.3) is 11.2 Å². The summed E-state index contributed by atoms with van der Waals surface area (Å²) in [7, 11) is 0. The Balaban J connectivity index is 0.00000514. The molecule has 1 unspecified atom stereocenters. The third-order valence-electron chi connectivity index (χ3n) is 14.0. The van der Waals surface area contributed by atoms with Crippen LogP contribution >= 0.6 is 24.2 Å². The summed E-state index contributed by atoms with van der Waals surface area (Å²) in [4.78, 5) is 58.2. The van der Waals surface area contributed by atoms with Gasteiger partial charge in [0.05, 0.1) is 30.9 Å². The molecule has 2 bridgehead atoms. The molecule has 55 heavy (non-hydrogen) atoms. The number of ether oxygens (including phenoxy) is 2. The molecule has 7 rings (SSSR count). The van der Waals surface area contributed by atoms with Crippen LogP contribution in [0, 0.1) is 34.0 Å². The molecule has 3 saturated carbocycles. The number of hydrogen-bond donors (Lipinski definition) is 3. The van der Waals surface area contributed by atoms with E-state index in [2.05, 4.69) is 52.5 Å². The molecule has 0 spiro atoms. The number of morpholine rings is 1. The van der Waals surface area contributed by atoms with Gasteiger partial charge in [-0.25, -0.2) is 4.98 Å². The third-order valence-corrected chi connectivity index (χ3v) is 15.1. The molecule has 5 aliphatic rings. The number of fused-ring (bicyclic) bond motifs is 1. The smallest absolute Gasteiger partial charge is 0.316 e. The predicted octanol–water partition coefficient (Wildman–Crippen LogP) is 3.50. The number of carbonyl (C=O) groups is 3. The molecule has 9 atom stereocenters.